The van der Waals surface area contributed by atoms with Gasteiger partial charge < -0.3 is 10.1 Å². The van der Waals surface area contributed by atoms with Crippen LogP contribution in [0.4, 0.5) is 0 Å². The third kappa shape index (κ3) is 5.91. The van der Waals surface area contributed by atoms with Gasteiger partial charge in [0.1, 0.15) is 0 Å². The smallest absolute Gasteiger partial charge is 0.186 e. The van der Waals surface area contributed by atoms with Gasteiger partial charge in [0.15, 0.2) is 5.11 Å². The molecule has 0 bridgehead atoms. The summed E-state index contributed by atoms with van der Waals surface area (Å²) in [6, 6.07) is 9.95. The highest BCUT2D eigenvalue weighted by atomic mass is 32.1. The molecule has 0 radical (unpaired) electrons. The molecule has 1 aromatic carbocycles. The fourth-order valence-electron chi connectivity index (χ4n) is 2.66. The molecule has 138 valence electrons. The number of aromatic nitrogens is 2. The predicted molar refractivity (Wildman–Crippen MR) is 107 cm³/mol. The van der Waals surface area contributed by atoms with Crippen LogP contribution in [-0.2, 0) is 4.74 Å². The number of hydrogen-bond acceptors (Lipinski definition) is 5. The molecule has 1 aliphatic heterocycles. The fourth-order valence-corrected chi connectivity index (χ4v) is 2.81. The minimum absolute atomic E-state index is 0.527. The SMILES string of the molecule is S=C(NCCCN1CCOCC1)N/N=C\c1cnn(-c2ccccc2)c1. The Balaban J connectivity index is 1.34. The van der Waals surface area contributed by atoms with Gasteiger partial charge in [-0.05, 0) is 37.3 Å². The standard InChI is InChI=1S/C18H24N6OS/c26-18(19-7-4-8-23-9-11-25-12-10-23)22-20-13-16-14-21-24(15-16)17-5-2-1-3-6-17/h1-3,5-6,13-15H,4,7-12H2,(H2,19,22,26)/b20-13-. The first-order valence-electron chi connectivity index (χ1n) is 8.78. The van der Waals surface area contributed by atoms with Crippen molar-refractivity contribution in [2.24, 2.45) is 5.10 Å². The van der Waals surface area contributed by atoms with Gasteiger partial charge >= 0.3 is 0 Å². The topological polar surface area (TPSA) is 66.7 Å². The van der Waals surface area contributed by atoms with Crippen LogP contribution in [0.2, 0.25) is 0 Å². The number of morpholine rings is 1. The summed E-state index contributed by atoms with van der Waals surface area (Å²) in [4.78, 5) is 2.41. The molecular weight excluding hydrogens is 348 g/mol. The highest BCUT2D eigenvalue weighted by Gasteiger charge is 2.09. The average Bonchev–Trinajstić information content (AvgIpc) is 3.16. The lowest BCUT2D eigenvalue weighted by molar-refractivity contribution is 0.0376. The summed E-state index contributed by atoms with van der Waals surface area (Å²) >= 11 is 5.23. The van der Waals surface area contributed by atoms with E-state index in [1.807, 2.05) is 41.2 Å². The van der Waals surface area contributed by atoms with Gasteiger partial charge in [0.05, 0.1) is 31.3 Å². The van der Waals surface area contributed by atoms with E-state index in [1.165, 1.54) is 0 Å². The van der Waals surface area contributed by atoms with E-state index in [2.05, 4.69) is 25.8 Å². The number of hydrogen-bond donors (Lipinski definition) is 2. The van der Waals surface area contributed by atoms with Crippen molar-refractivity contribution in [1.29, 1.82) is 0 Å². The summed E-state index contributed by atoms with van der Waals surface area (Å²) in [6.45, 7) is 5.59. The van der Waals surface area contributed by atoms with Crippen molar-refractivity contribution >= 4 is 23.5 Å². The van der Waals surface area contributed by atoms with Gasteiger partial charge in [-0.1, -0.05) is 18.2 Å². The van der Waals surface area contributed by atoms with Crippen LogP contribution in [0.5, 0.6) is 0 Å². The van der Waals surface area contributed by atoms with Crippen LogP contribution in [0.1, 0.15) is 12.0 Å². The molecule has 3 rings (SSSR count). The Kier molecular flexibility index (Phi) is 7.12. The van der Waals surface area contributed by atoms with E-state index in [4.69, 9.17) is 17.0 Å². The molecule has 1 aliphatic rings. The van der Waals surface area contributed by atoms with Crippen LogP contribution >= 0.6 is 12.2 Å². The molecule has 0 atom stereocenters. The largest absolute Gasteiger partial charge is 0.379 e. The van der Waals surface area contributed by atoms with Crippen LogP contribution in [0.25, 0.3) is 5.69 Å². The molecule has 0 aliphatic carbocycles. The summed E-state index contributed by atoms with van der Waals surface area (Å²) in [7, 11) is 0. The first-order chi connectivity index (χ1) is 12.8. The van der Waals surface area contributed by atoms with E-state index in [1.54, 1.807) is 12.4 Å². The van der Waals surface area contributed by atoms with Gasteiger partial charge in [0.25, 0.3) is 0 Å². The minimum atomic E-state index is 0.527. The Morgan fingerprint density at radius 2 is 2.08 bits per heavy atom. The van der Waals surface area contributed by atoms with Crippen molar-refractivity contribution in [1.82, 2.24) is 25.4 Å². The van der Waals surface area contributed by atoms with Crippen molar-refractivity contribution in [3.63, 3.8) is 0 Å². The number of nitrogens with one attached hydrogen (secondary N) is 2. The number of rotatable bonds is 7. The monoisotopic (exact) mass is 372 g/mol. The molecule has 0 amide bonds. The number of ether oxygens (including phenoxy) is 1. The second kappa shape index (κ2) is 10.0. The van der Waals surface area contributed by atoms with Gasteiger partial charge in [-0.15, -0.1) is 0 Å². The zero-order valence-corrected chi connectivity index (χ0v) is 15.5. The molecule has 1 fully saturated rings. The Morgan fingerprint density at radius 1 is 1.27 bits per heavy atom. The summed E-state index contributed by atoms with van der Waals surface area (Å²) in [6.07, 6.45) is 6.42. The van der Waals surface area contributed by atoms with Crippen molar-refractivity contribution in [3.05, 3.63) is 48.3 Å². The maximum Gasteiger partial charge on any atom is 0.186 e. The van der Waals surface area contributed by atoms with Crippen LogP contribution < -0.4 is 10.7 Å². The Labute approximate surface area is 159 Å². The number of benzene rings is 1. The van der Waals surface area contributed by atoms with E-state index in [0.717, 1.165) is 57.1 Å². The number of para-hydroxylation sites is 1. The quantitative estimate of drug-likeness (QED) is 0.331. The Morgan fingerprint density at radius 3 is 2.88 bits per heavy atom. The molecule has 2 N–H and O–H groups in total. The first-order valence-corrected chi connectivity index (χ1v) is 9.19. The van der Waals surface area contributed by atoms with Gasteiger partial charge in [-0.2, -0.15) is 10.2 Å². The molecule has 2 aromatic rings. The molecule has 0 unspecified atom stereocenters. The molecule has 7 nitrogen and oxygen atoms in total. The predicted octanol–water partition coefficient (Wildman–Crippen LogP) is 1.39. The van der Waals surface area contributed by atoms with E-state index < -0.39 is 0 Å². The van der Waals surface area contributed by atoms with Crippen LogP contribution in [-0.4, -0.2) is 65.4 Å². The van der Waals surface area contributed by atoms with Gasteiger partial charge in [0, 0.05) is 31.4 Å². The van der Waals surface area contributed by atoms with Crippen molar-refractivity contribution in [2.75, 3.05) is 39.4 Å². The molecule has 1 saturated heterocycles. The van der Waals surface area contributed by atoms with Crippen LogP contribution in [0.3, 0.4) is 0 Å². The Hall–Kier alpha value is -2.29. The molecule has 8 heteroatoms. The molecule has 0 saturated carbocycles. The van der Waals surface area contributed by atoms with Crippen molar-refractivity contribution < 1.29 is 4.74 Å². The first kappa shape index (κ1) is 18.5. The number of thiocarbonyl (C=S) groups is 1. The normalized spacial score (nSPS) is 15.2. The molecule has 26 heavy (non-hydrogen) atoms. The number of nitrogens with zero attached hydrogens (tertiary/aromatic N) is 4. The highest BCUT2D eigenvalue weighted by molar-refractivity contribution is 7.80. The second-order valence-corrected chi connectivity index (χ2v) is 6.40. The summed E-state index contributed by atoms with van der Waals surface area (Å²) in [5.41, 5.74) is 4.75. The summed E-state index contributed by atoms with van der Waals surface area (Å²) in [5, 5.41) is 12.2. The van der Waals surface area contributed by atoms with Gasteiger partial charge in [0.2, 0.25) is 0 Å². The Bertz CT molecular complexity index is 711. The van der Waals surface area contributed by atoms with E-state index in [-0.39, 0.29) is 0 Å². The third-order valence-corrected chi connectivity index (χ3v) is 4.28. The van der Waals surface area contributed by atoms with Gasteiger partial charge in [-0.3, -0.25) is 10.3 Å². The molecule has 0 spiro atoms. The lowest BCUT2D eigenvalue weighted by Gasteiger charge is -2.26. The minimum Gasteiger partial charge on any atom is -0.379 e. The zero-order chi connectivity index (χ0) is 18.0. The second-order valence-electron chi connectivity index (χ2n) is 5.99. The summed E-state index contributed by atoms with van der Waals surface area (Å²) < 4.78 is 7.15. The third-order valence-electron chi connectivity index (χ3n) is 4.04. The van der Waals surface area contributed by atoms with Crippen LogP contribution in [0.15, 0.2) is 47.8 Å². The zero-order valence-electron chi connectivity index (χ0n) is 14.7. The lowest BCUT2D eigenvalue weighted by atomic mass is 10.3. The number of hydrazone groups is 1. The van der Waals surface area contributed by atoms with E-state index >= 15 is 0 Å². The van der Waals surface area contributed by atoms with E-state index in [0.29, 0.717) is 5.11 Å². The highest BCUT2D eigenvalue weighted by Crippen LogP contribution is 2.06. The maximum atomic E-state index is 5.34. The molecule has 2 heterocycles. The average molecular weight is 372 g/mol. The van der Waals surface area contributed by atoms with Gasteiger partial charge in [-0.25, -0.2) is 4.68 Å². The maximum absolute atomic E-state index is 5.34. The van der Waals surface area contributed by atoms with E-state index in [9.17, 15) is 0 Å². The lowest BCUT2D eigenvalue weighted by Crippen LogP contribution is -2.39. The summed E-state index contributed by atoms with van der Waals surface area (Å²) in [5.74, 6) is 0. The van der Waals surface area contributed by atoms with Crippen molar-refractivity contribution in [3.8, 4) is 5.69 Å². The van der Waals surface area contributed by atoms with Crippen LogP contribution in [0, 0.1) is 0 Å². The molecular formula is C18H24N6OS. The fraction of sp³-hybridized carbons (Fsp3) is 0.389. The van der Waals surface area contributed by atoms with Crippen molar-refractivity contribution in [2.45, 2.75) is 6.42 Å². The molecule has 1 aromatic heterocycles.